The number of piperidine rings is 1. The molecule has 0 spiro atoms. The first-order valence-corrected chi connectivity index (χ1v) is 7.02. The van der Waals surface area contributed by atoms with Crippen molar-refractivity contribution < 1.29 is 9.72 Å². The first-order valence-electron chi connectivity index (χ1n) is 7.02. The third kappa shape index (κ3) is 4.06. The van der Waals surface area contributed by atoms with E-state index < -0.39 is 10.8 Å². The number of hydrogen-bond donors (Lipinski definition) is 1. The summed E-state index contributed by atoms with van der Waals surface area (Å²) < 4.78 is 0. The zero-order chi connectivity index (χ0) is 15.9. The molecular formula is C15H16N4O3. The van der Waals surface area contributed by atoms with E-state index in [9.17, 15) is 14.9 Å². The summed E-state index contributed by atoms with van der Waals surface area (Å²) in [4.78, 5) is 24.2. The van der Waals surface area contributed by atoms with Gasteiger partial charge in [-0.05, 0) is 25.3 Å². The Morgan fingerprint density at radius 1 is 1.36 bits per heavy atom. The van der Waals surface area contributed by atoms with Crippen LogP contribution < -0.4 is 5.32 Å². The number of nitriles is 1. The largest absolute Gasteiger partial charge is 0.376 e. The average molecular weight is 300 g/mol. The van der Waals surface area contributed by atoms with E-state index in [1.807, 2.05) is 11.0 Å². The van der Waals surface area contributed by atoms with Crippen molar-refractivity contribution in [1.29, 1.82) is 5.26 Å². The summed E-state index contributed by atoms with van der Waals surface area (Å²) in [6.45, 7) is 1.66. The molecule has 2 rings (SSSR count). The molecule has 7 nitrogen and oxygen atoms in total. The van der Waals surface area contributed by atoms with Gasteiger partial charge in [-0.3, -0.25) is 14.9 Å². The number of nitro benzene ring substituents is 1. The minimum absolute atomic E-state index is 0.00611. The lowest BCUT2D eigenvalue weighted by Gasteiger charge is -2.25. The zero-order valence-electron chi connectivity index (χ0n) is 12.0. The molecular weight excluding hydrogens is 284 g/mol. The van der Waals surface area contributed by atoms with E-state index in [1.54, 1.807) is 12.3 Å². The van der Waals surface area contributed by atoms with Gasteiger partial charge in [0.05, 0.1) is 4.92 Å². The van der Waals surface area contributed by atoms with Crippen molar-refractivity contribution in [2.75, 3.05) is 18.4 Å². The van der Waals surface area contributed by atoms with Crippen LogP contribution in [0, 0.1) is 21.4 Å². The van der Waals surface area contributed by atoms with E-state index in [4.69, 9.17) is 5.26 Å². The second-order valence-corrected chi connectivity index (χ2v) is 5.01. The molecule has 114 valence electrons. The maximum absolute atomic E-state index is 12.1. The normalized spacial score (nSPS) is 15.0. The van der Waals surface area contributed by atoms with Crippen LogP contribution in [-0.2, 0) is 4.79 Å². The molecule has 0 bridgehead atoms. The summed E-state index contributed by atoms with van der Waals surface area (Å²) in [5.41, 5.74) is 0.170. The lowest BCUT2D eigenvalue weighted by atomic mass is 10.1. The molecule has 0 saturated carbocycles. The van der Waals surface area contributed by atoms with E-state index in [1.165, 1.54) is 18.2 Å². The van der Waals surface area contributed by atoms with Crippen molar-refractivity contribution >= 4 is 17.3 Å². The maximum Gasteiger partial charge on any atom is 0.271 e. The molecule has 1 aromatic rings. The van der Waals surface area contributed by atoms with Crippen LogP contribution in [0.2, 0.25) is 0 Å². The number of carbonyl (C=O) groups excluding carboxylic acids is 1. The second kappa shape index (κ2) is 7.22. The molecule has 0 aliphatic carbocycles. The third-order valence-corrected chi connectivity index (χ3v) is 3.38. The Hall–Kier alpha value is -2.88. The Morgan fingerprint density at radius 2 is 2.09 bits per heavy atom. The number of non-ortho nitro benzene ring substituents is 1. The van der Waals surface area contributed by atoms with Crippen molar-refractivity contribution in [1.82, 2.24) is 4.90 Å². The Kier molecular flexibility index (Phi) is 5.09. The third-order valence-electron chi connectivity index (χ3n) is 3.38. The predicted octanol–water partition coefficient (Wildman–Crippen LogP) is 2.43. The summed E-state index contributed by atoms with van der Waals surface area (Å²) >= 11 is 0. The molecule has 1 amide bonds. The quantitative estimate of drug-likeness (QED) is 0.398. The van der Waals surface area contributed by atoms with E-state index in [0.717, 1.165) is 32.4 Å². The fourth-order valence-corrected chi connectivity index (χ4v) is 2.26. The average Bonchev–Trinajstić information content (AvgIpc) is 2.53. The van der Waals surface area contributed by atoms with E-state index >= 15 is 0 Å². The van der Waals surface area contributed by atoms with Crippen molar-refractivity contribution in [2.45, 2.75) is 19.3 Å². The highest BCUT2D eigenvalue weighted by Crippen LogP contribution is 2.18. The smallest absolute Gasteiger partial charge is 0.271 e. The van der Waals surface area contributed by atoms with Gasteiger partial charge in [-0.15, -0.1) is 0 Å². The highest BCUT2D eigenvalue weighted by atomic mass is 16.6. The van der Waals surface area contributed by atoms with Crippen LogP contribution in [-0.4, -0.2) is 28.8 Å². The van der Waals surface area contributed by atoms with Crippen molar-refractivity contribution in [3.8, 4) is 6.07 Å². The van der Waals surface area contributed by atoms with Gasteiger partial charge in [0, 0.05) is 37.1 Å². The van der Waals surface area contributed by atoms with Crippen molar-refractivity contribution in [2.24, 2.45) is 0 Å². The van der Waals surface area contributed by atoms with Gasteiger partial charge in [-0.2, -0.15) is 5.26 Å². The van der Waals surface area contributed by atoms with Gasteiger partial charge >= 0.3 is 0 Å². The minimum Gasteiger partial charge on any atom is -0.376 e. The van der Waals surface area contributed by atoms with Gasteiger partial charge in [0.1, 0.15) is 11.6 Å². The molecule has 0 atom stereocenters. The molecule has 1 heterocycles. The number of anilines is 1. The molecule has 1 N–H and O–H groups in total. The number of benzene rings is 1. The fraction of sp³-hybridized carbons (Fsp3) is 0.333. The molecule has 7 heteroatoms. The molecule has 1 aromatic carbocycles. The van der Waals surface area contributed by atoms with E-state index in [2.05, 4.69) is 5.32 Å². The number of nitrogens with zero attached hydrogens (tertiary/aromatic N) is 3. The molecule has 1 fully saturated rings. The fourth-order valence-electron chi connectivity index (χ4n) is 2.26. The van der Waals surface area contributed by atoms with Crippen LogP contribution in [0.5, 0.6) is 0 Å². The molecule has 0 radical (unpaired) electrons. The first-order chi connectivity index (χ1) is 10.6. The van der Waals surface area contributed by atoms with Gasteiger partial charge in [0.2, 0.25) is 0 Å². The Bertz CT molecular complexity index is 642. The first kappa shape index (κ1) is 15.5. The topological polar surface area (TPSA) is 99.3 Å². The maximum atomic E-state index is 12.1. The molecule has 1 aliphatic rings. The number of carbonyl (C=O) groups is 1. The highest BCUT2D eigenvalue weighted by Gasteiger charge is 2.14. The van der Waals surface area contributed by atoms with Crippen LogP contribution in [0.1, 0.15) is 19.3 Å². The van der Waals surface area contributed by atoms with Crippen LogP contribution in [0.15, 0.2) is 36.0 Å². The number of nitro groups is 1. The summed E-state index contributed by atoms with van der Waals surface area (Å²) in [6, 6.07) is 7.50. The Morgan fingerprint density at radius 3 is 2.73 bits per heavy atom. The zero-order valence-corrected chi connectivity index (χ0v) is 12.0. The summed E-state index contributed by atoms with van der Waals surface area (Å²) in [5, 5.41) is 22.4. The molecule has 1 aliphatic heterocycles. The SMILES string of the molecule is N#C/C(=C/N1CCCCC1)C(=O)Nc1cccc([N+](=O)[O-])c1. The number of likely N-dealkylation sites (tertiary alicyclic amines) is 1. The Labute approximate surface area is 128 Å². The number of hydrogen-bond acceptors (Lipinski definition) is 5. The van der Waals surface area contributed by atoms with Crippen LogP contribution in [0.3, 0.4) is 0 Å². The lowest BCUT2D eigenvalue weighted by molar-refractivity contribution is -0.384. The van der Waals surface area contributed by atoms with Gasteiger partial charge in [-0.25, -0.2) is 0 Å². The molecule has 1 saturated heterocycles. The standard InChI is InChI=1S/C15H16N4O3/c16-10-12(11-18-7-2-1-3-8-18)15(20)17-13-5-4-6-14(9-13)19(21)22/h4-6,9,11H,1-3,7-8H2,(H,17,20)/b12-11-. The van der Waals surface area contributed by atoms with Gasteiger partial charge in [-0.1, -0.05) is 6.07 Å². The highest BCUT2D eigenvalue weighted by molar-refractivity contribution is 6.06. The lowest BCUT2D eigenvalue weighted by Crippen LogP contribution is -2.26. The number of amides is 1. The van der Waals surface area contributed by atoms with E-state index in [-0.39, 0.29) is 11.3 Å². The van der Waals surface area contributed by atoms with Crippen LogP contribution in [0.4, 0.5) is 11.4 Å². The second-order valence-electron chi connectivity index (χ2n) is 5.01. The van der Waals surface area contributed by atoms with Gasteiger partial charge < -0.3 is 10.2 Å². The van der Waals surface area contributed by atoms with Crippen molar-refractivity contribution in [3.63, 3.8) is 0 Å². The van der Waals surface area contributed by atoms with Gasteiger partial charge in [0.15, 0.2) is 0 Å². The summed E-state index contributed by atoms with van der Waals surface area (Å²) in [7, 11) is 0. The minimum atomic E-state index is -0.562. The number of nitrogens with one attached hydrogen (secondary N) is 1. The predicted molar refractivity (Wildman–Crippen MR) is 80.8 cm³/mol. The van der Waals surface area contributed by atoms with Crippen LogP contribution in [0.25, 0.3) is 0 Å². The van der Waals surface area contributed by atoms with Crippen LogP contribution >= 0.6 is 0 Å². The summed E-state index contributed by atoms with van der Waals surface area (Å²) in [5.74, 6) is -0.562. The Balaban J connectivity index is 2.09. The monoisotopic (exact) mass is 300 g/mol. The summed E-state index contributed by atoms with van der Waals surface area (Å²) in [6.07, 6.45) is 4.81. The van der Waals surface area contributed by atoms with Gasteiger partial charge in [0.25, 0.3) is 11.6 Å². The van der Waals surface area contributed by atoms with E-state index in [0.29, 0.717) is 5.69 Å². The van der Waals surface area contributed by atoms with Crippen molar-refractivity contribution in [3.05, 3.63) is 46.2 Å². The molecule has 0 unspecified atom stereocenters. The molecule has 0 aromatic heterocycles. The number of rotatable bonds is 4. The molecule has 22 heavy (non-hydrogen) atoms.